The van der Waals surface area contributed by atoms with E-state index in [1.54, 1.807) is 0 Å². The first-order valence-corrected chi connectivity index (χ1v) is 9.74. The van der Waals surface area contributed by atoms with Crippen LogP contribution in [0.3, 0.4) is 0 Å². The van der Waals surface area contributed by atoms with Gasteiger partial charge in [0.05, 0.1) is 29.7 Å². The first-order valence-electron chi connectivity index (χ1n) is 9.74. The maximum atomic E-state index is 12.7. The molecule has 0 aliphatic carbocycles. The Labute approximate surface area is 188 Å². The van der Waals surface area contributed by atoms with Gasteiger partial charge in [0.1, 0.15) is 18.9 Å². The van der Waals surface area contributed by atoms with Gasteiger partial charge in [0.25, 0.3) is 5.56 Å². The second-order valence-electron chi connectivity index (χ2n) is 7.04. The van der Waals surface area contributed by atoms with Gasteiger partial charge in [0.2, 0.25) is 5.91 Å². The number of ether oxygens (including phenoxy) is 1. The van der Waals surface area contributed by atoms with Crippen LogP contribution >= 0.6 is 0 Å². The standard InChI is InChI=1S/C22H17F6N3O3/c23-21(24,25)15-6-4-14(5-7-15)18-11-20(33)31(13-30-18)12-19(32)29-8-9-34-17-3-1-2-16(10-17)22(26,27)28/h1-7,10-11,13H,8-9,12H2,(H,29,32). The normalized spacial score (nSPS) is 11.8. The van der Waals surface area contributed by atoms with Crippen molar-refractivity contribution in [3.05, 3.63) is 82.4 Å². The number of alkyl halides is 6. The van der Waals surface area contributed by atoms with Crippen molar-refractivity contribution in [3.8, 4) is 17.0 Å². The van der Waals surface area contributed by atoms with Gasteiger partial charge in [-0.2, -0.15) is 26.3 Å². The number of hydrogen-bond acceptors (Lipinski definition) is 4. The minimum absolute atomic E-state index is 0.0108. The van der Waals surface area contributed by atoms with Gasteiger partial charge < -0.3 is 10.1 Å². The molecule has 0 unspecified atom stereocenters. The molecule has 180 valence electrons. The number of aromatic nitrogens is 2. The molecule has 34 heavy (non-hydrogen) atoms. The number of hydrogen-bond donors (Lipinski definition) is 1. The Kier molecular flexibility index (Phi) is 7.28. The van der Waals surface area contributed by atoms with Crippen molar-refractivity contribution in [1.29, 1.82) is 0 Å². The van der Waals surface area contributed by atoms with Crippen LogP contribution in [-0.4, -0.2) is 28.6 Å². The van der Waals surface area contributed by atoms with E-state index in [0.717, 1.165) is 41.2 Å². The lowest BCUT2D eigenvalue weighted by Crippen LogP contribution is -2.34. The Bertz CT molecular complexity index is 1200. The average molecular weight is 485 g/mol. The zero-order valence-electron chi connectivity index (χ0n) is 17.3. The van der Waals surface area contributed by atoms with Crippen molar-refractivity contribution < 1.29 is 35.9 Å². The molecule has 0 aliphatic heterocycles. The quantitative estimate of drug-likeness (QED) is 0.403. The van der Waals surface area contributed by atoms with Crippen molar-refractivity contribution in [2.45, 2.75) is 18.9 Å². The first-order chi connectivity index (χ1) is 15.9. The van der Waals surface area contributed by atoms with Gasteiger partial charge >= 0.3 is 12.4 Å². The highest BCUT2D eigenvalue weighted by Gasteiger charge is 2.31. The predicted molar refractivity (Wildman–Crippen MR) is 109 cm³/mol. The third-order valence-electron chi connectivity index (χ3n) is 4.56. The molecule has 0 saturated carbocycles. The van der Waals surface area contributed by atoms with E-state index in [9.17, 15) is 35.9 Å². The number of amides is 1. The fraction of sp³-hybridized carbons (Fsp3) is 0.227. The van der Waals surface area contributed by atoms with E-state index < -0.39 is 34.9 Å². The molecule has 3 rings (SSSR count). The molecule has 1 N–H and O–H groups in total. The second kappa shape index (κ2) is 9.98. The van der Waals surface area contributed by atoms with Crippen LogP contribution in [0.15, 0.2) is 65.7 Å². The summed E-state index contributed by atoms with van der Waals surface area (Å²) >= 11 is 0. The molecule has 3 aromatic rings. The topological polar surface area (TPSA) is 73.2 Å². The van der Waals surface area contributed by atoms with Gasteiger partial charge in [-0.05, 0) is 30.3 Å². The lowest BCUT2D eigenvalue weighted by molar-refractivity contribution is -0.138. The minimum Gasteiger partial charge on any atom is -0.492 e. The molecule has 0 spiro atoms. The van der Waals surface area contributed by atoms with Crippen LogP contribution in [-0.2, 0) is 23.7 Å². The van der Waals surface area contributed by atoms with E-state index in [1.807, 2.05) is 0 Å². The van der Waals surface area contributed by atoms with Crippen LogP contribution in [0.2, 0.25) is 0 Å². The smallest absolute Gasteiger partial charge is 0.416 e. The number of halogens is 6. The van der Waals surface area contributed by atoms with Crippen LogP contribution in [0.4, 0.5) is 26.3 Å². The zero-order valence-corrected chi connectivity index (χ0v) is 17.3. The number of benzene rings is 2. The van der Waals surface area contributed by atoms with E-state index in [0.29, 0.717) is 5.56 Å². The molecule has 1 aromatic heterocycles. The monoisotopic (exact) mass is 485 g/mol. The molecule has 1 amide bonds. The van der Waals surface area contributed by atoms with E-state index in [-0.39, 0.29) is 31.1 Å². The molecule has 1 heterocycles. The largest absolute Gasteiger partial charge is 0.492 e. The van der Waals surface area contributed by atoms with Crippen LogP contribution in [0.25, 0.3) is 11.3 Å². The maximum Gasteiger partial charge on any atom is 0.416 e. The van der Waals surface area contributed by atoms with Crippen molar-refractivity contribution in [2.75, 3.05) is 13.2 Å². The van der Waals surface area contributed by atoms with Gasteiger partial charge in [-0.15, -0.1) is 0 Å². The summed E-state index contributed by atoms with van der Waals surface area (Å²) in [6, 6.07) is 9.50. The molecule has 12 heteroatoms. The highest BCUT2D eigenvalue weighted by molar-refractivity contribution is 5.75. The van der Waals surface area contributed by atoms with Crippen LogP contribution in [0.5, 0.6) is 5.75 Å². The Balaban J connectivity index is 1.52. The summed E-state index contributed by atoms with van der Waals surface area (Å²) in [5, 5.41) is 2.46. The Hall–Kier alpha value is -3.83. The molecular formula is C22H17F6N3O3. The van der Waals surface area contributed by atoms with E-state index in [2.05, 4.69) is 10.3 Å². The number of rotatable bonds is 7. The van der Waals surface area contributed by atoms with Gasteiger partial charge in [-0.1, -0.05) is 18.2 Å². The number of nitrogens with zero attached hydrogens (tertiary/aromatic N) is 2. The molecule has 0 fully saturated rings. The van der Waals surface area contributed by atoms with Crippen molar-refractivity contribution >= 4 is 5.91 Å². The van der Waals surface area contributed by atoms with Crippen LogP contribution in [0, 0.1) is 0 Å². The maximum absolute atomic E-state index is 12.7. The Morgan fingerprint density at radius 1 is 0.941 bits per heavy atom. The minimum atomic E-state index is -4.50. The summed E-state index contributed by atoms with van der Waals surface area (Å²) in [7, 11) is 0. The fourth-order valence-corrected chi connectivity index (χ4v) is 2.86. The average Bonchev–Trinajstić information content (AvgIpc) is 2.77. The summed E-state index contributed by atoms with van der Waals surface area (Å²) in [6.45, 7) is -0.517. The molecular weight excluding hydrogens is 468 g/mol. The molecule has 0 atom stereocenters. The number of carbonyl (C=O) groups is 1. The summed E-state index contributed by atoms with van der Waals surface area (Å²) < 4.78 is 82.3. The predicted octanol–water partition coefficient (Wildman–Crippen LogP) is 4.14. The summed E-state index contributed by atoms with van der Waals surface area (Å²) in [5.41, 5.74) is -1.85. The summed E-state index contributed by atoms with van der Waals surface area (Å²) in [4.78, 5) is 28.3. The first kappa shape index (κ1) is 24.8. The van der Waals surface area contributed by atoms with Gasteiger partial charge in [0.15, 0.2) is 0 Å². The number of nitrogens with one attached hydrogen (secondary N) is 1. The highest BCUT2D eigenvalue weighted by atomic mass is 19.4. The third kappa shape index (κ3) is 6.59. The molecule has 2 aromatic carbocycles. The van der Waals surface area contributed by atoms with Crippen molar-refractivity contribution in [2.24, 2.45) is 0 Å². The Morgan fingerprint density at radius 3 is 2.24 bits per heavy atom. The van der Waals surface area contributed by atoms with Gasteiger partial charge in [-0.3, -0.25) is 14.2 Å². The fourth-order valence-electron chi connectivity index (χ4n) is 2.86. The molecule has 0 aliphatic rings. The molecule has 0 radical (unpaired) electrons. The van der Waals surface area contributed by atoms with Crippen molar-refractivity contribution in [3.63, 3.8) is 0 Å². The van der Waals surface area contributed by atoms with Crippen molar-refractivity contribution in [1.82, 2.24) is 14.9 Å². The Morgan fingerprint density at radius 2 is 1.62 bits per heavy atom. The lowest BCUT2D eigenvalue weighted by atomic mass is 10.1. The zero-order chi connectivity index (χ0) is 24.9. The van der Waals surface area contributed by atoms with E-state index in [1.165, 1.54) is 24.3 Å². The van der Waals surface area contributed by atoms with E-state index in [4.69, 9.17) is 4.74 Å². The molecule has 0 bridgehead atoms. The summed E-state index contributed by atoms with van der Waals surface area (Å²) in [6.07, 6.45) is -7.90. The molecule has 6 nitrogen and oxygen atoms in total. The van der Waals surface area contributed by atoms with E-state index >= 15 is 0 Å². The SMILES string of the molecule is O=C(Cn1cnc(-c2ccc(C(F)(F)F)cc2)cc1=O)NCCOc1cccc(C(F)(F)F)c1. The van der Waals surface area contributed by atoms with Gasteiger partial charge in [-0.25, -0.2) is 4.98 Å². The molecule has 0 saturated heterocycles. The third-order valence-corrected chi connectivity index (χ3v) is 4.56. The van der Waals surface area contributed by atoms with Gasteiger partial charge in [0, 0.05) is 11.6 Å². The van der Waals surface area contributed by atoms with Crippen LogP contribution < -0.4 is 15.6 Å². The number of carbonyl (C=O) groups excluding carboxylic acids is 1. The van der Waals surface area contributed by atoms with Crippen LogP contribution in [0.1, 0.15) is 11.1 Å². The highest BCUT2D eigenvalue weighted by Crippen LogP contribution is 2.31. The lowest BCUT2D eigenvalue weighted by Gasteiger charge is -2.11. The summed E-state index contributed by atoms with van der Waals surface area (Å²) in [5.74, 6) is -0.581. The second-order valence-corrected chi connectivity index (χ2v) is 7.04.